The second-order valence-corrected chi connectivity index (χ2v) is 8.10. The maximum Gasteiger partial charge on any atom is 0.223 e. The van der Waals surface area contributed by atoms with Crippen molar-refractivity contribution in [2.45, 2.75) is 25.3 Å². The molecule has 32 heavy (non-hydrogen) atoms. The van der Waals surface area contributed by atoms with Gasteiger partial charge in [0.2, 0.25) is 5.91 Å². The first-order valence-corrected chi connectivity index (χ1v) is 10.5. The Bertz CT molecular complexity index is 1280. The van der Waals surface area contributed by atoms with Crippen molar-refractivity contribution in [1.29, 1.82) is 0 Å². The highest BCUT2D eigenvalue weighted by Crippen LogP contribution is 2.43. The first kappa shape index (κ1) is 20.3. The number of benzene rings is 1. The number of nitrogens with zero attached hydrogens (tertiary/aromatic N) is 5. The standard InChI is InChI=1S/C23H23FN6O2/c1-32-12-19(14-2-3-14)29-13-27-22(15-4-6-16(24)7-5-15)23(29)18-8-9-21-26-11-17(10-20(25)31)30(21)28-18/h4-9,11,13-14,19H,2-3,10,12H2,1H3,(H2,25,31). The molecule has 1 unspecified atom stereocenters. The first-order valence-electron chi connectivity index (χ1n) is 10.5. The van der Waals surface area contributed by atoms with Crippen molar-refractivity contribution in [2.24, 2.45) is 11.7 Å². The van der Waals surface area contributed by atoms with E-state index in [9.17, 15) is 9.18 Å². The lowest BCUT2D eigenvalue weighted by Crippen LogP contribution is -2.18. The molecule has 0 radical (unpaired) electrons. The van der Waals surface area contributed by atoms with Crippen molar-refractivity contribution in [1.82, 2.24) is 24.1 Å². The molecule has 1 aliphatic rings. The second kappa shape index (κ2) is 8.16. The van der Waals surface area contributed by atoms with E-state index in [1.807, 2.05) is 12.1 Å². The molecule has 0 spiro atoms. The summed E-state index contributed by atoms with van der Waals surface area (Å²) in [6, 6.07) is 10.1. The third-order valence-electron chi connectivity index (χ3n) is 5.80. The van der Waals surface area contributed by atoms with E-state index in [0.717, 1.165) is 24.1 Å². The maximum atomic E-state index is 13.6. The van der Waals surface area contributed by atoms with E-state index >= 15 is 0 Å². The number of rotatable bonds is 8. The molecule has 3 heterocycles. The molecule has 3 aromatic heterocycles. The van der Waals surface area contributed by atoms with Crippen LogP contribution in [0.4, 0.5) is 4.39 Å². The Labute approximate surface area is 183 Å². The van der Waals surface area contributed by atoms with Gasteiger partial charge in [-0.25, -0.2) is 18.9 Å². The third-order valence-corrected chi connectivity index (χ3v) is 5.80. The molecule has 5 rings (SSSR count). The van der Waals surface area contributed by atoms with E-state index in [-0.39, 0.29) is 18.3 Å². The number of ether oxygens (including phenoxy) is 1. The lowest BCUT2D eigenvalue weighted by Gasteiger charge is -2.20. The van der Waals surface area contributed by atoms with Crippen LogP contribution in [-0.2, 0) is 16.0 Å². The number of amides is 1. The molecular formula is C23H23FN6O2. The predicted molar refractivity (Wildman–Crippen MR) is 116 cm³/mol. The zero-order valence-electron chi connectivity index (χ0n) is 17.6. The fraction of sp³-hybridized carbons (Fsp3) is 0.304. The van der Waals surface area contributed by atoms with E-state index in [1.54, 1.807) is 36.3 Å². The molecule has 2 N–H and O–H groups in total. The van der Waals surface area contributed by atoms with Crippen LogP contribution in [0.15, 0.2) is 48.9 Å². The van der Waals surface area contributed by atoms with Crippen molar-refractivity contribution in [3.05, 3.63) is 60.4 Å². The highest BCUT2D eigenvalue weighted by Gasteiger charge is 2.35. The molecule has 1 amide bonds. The van der Waals surface area contributed by atoms with Gasteiger partial charge in [-0.2, -0.15) is 5.10 Å². The van der Waals surface area contributed by atoms with Crippen LogP contribution < -0.4 is 5.73 Å². The molecule has 0 bridgehead atoms. The molecule has 8 nitrogen and oxygen atoms in total. The lowest BCUT2D eigenvalue weighted by atomic mass is 10.1. The number of aromatic nitrogens is 5. The summed E-state index contributed by atoms with van der Waals surface area (Å²) in [6.45, 7) is 0.553. The number of nitrogens with two attached hydrogens (primary N) is 1. The molecule has 1 saturated carbocycles. The molecular weight excluding hydrogens is 411 g/mol. The van der Waals surface area contributed by atoms with Crippen molar-refractivity contribution in [3.8, 4) is 22.6 Å². The Morgan fingerprint density at radius 1 is 1.22 bits per heavy atom. The second-order valence-electron chi connectivity index (χ2n) is 8.10. The van der Waals surface area contributed by atoms with Crippen LogP contribution >= 0.6 is 0 Å². The lowest BCUT2D eigenvalue weighted by molar-refractivity contribution is -0.117. The van der Waals surface area contributed by atoms with E-state index in [4.69, 9.17) is 20.6 Å². The number of imidazole rings is 2. The van der Waals surface area contributed by atoms with Gasteiger partial charge in [0.25, 0.3) is 0 Å². The van der Waals surface area contributed by atoms with Crippen LogP contribution in [0.25, 0.3) is 28.3 Å². The first-order chi connectivity index (χ1) is 15.5. The normalized spacial score (nSPS) is 14.7. The number of halogens is 1. The quantitative estimate of drug-likeness (QED) is 0.459. The summed E-state index contributed by atoms with van der Waals surface area (Å²) >= 11 is 0. The van der Waals surface area contributed by atoms with Gasteiger partial charge in [0.15, 0.2) is 5.65 Å². The Balaban J connectivity index is 1.69. The van der Waals surface area contributed by atoms with Crippen molar-refractivity contribution < 1.29 is 13.9 Å². The van der Waals surface area contributed by atoms with Crippen LogP contribution in [0, 0.1) is 11.7 Å². The van der Waals surface area contributed by atoms with Crippen molar-refractivity contribution in [2.75, 3.05) is 13.7 Å². The highest BCUT2D eigenvalue weighted by atomic mass is 19.1. The summed E-state index contributed by atoms with van der Waals surface area (Å²) in [7, 11) is 1.69. The van der Waals surface area contributed by atoms with Crippen LogP contribution in [0.1, 0.15) is 24.6 Å². The minimum absolute atomic E-state index is 0.0378. The molecule has 1 aromatic carbocycles. The molecule has 0 aliphatic heterocycles. The van der Waals surface area contributed by atoms with Gasteiger partial charge < -0.3 is 15.0 Å². The van der Waals surface area contributed by atoms with Gasteiger partial charge in [-0.15, -0.1) is 0 Å². The molecule has 1 fully saturated rings. The zero-order chi connectivity index (χ0) is 22.2. The number of carbonyl (C=O) groups is 1. The van der Waals surface area contributed by atoms with Crippen molar-refractivity contribution >= 4 is 11.6 Å². The van der Waals surface area contributed by atoms with E-state index < -0.39 is 5.91 Å². The van der Waals surface area contributed by atoms with Gasteiger partial charge in [0.1, 0.15) is 11.5 Å². The van der Waals surface area contributed by atoms with Gasteiger partial charge in [0, 0.05) is 12.7 Å². The van der Waals surface area contributed by atoms with Crippen LogP contribution in [0.2, 0.25) is 0 Å². The van der Waals surface area contributed by atoms with Gasteiger partial charge in [0.05, 0.1) is 48.7 Å². The number of primary amides is 1. The highest BCUT2D eigenvalue weighted by molar-refractivity contribution is 5.78. The van der Waals surface area contributed by atoms with E-state index in [1.165, 1.54) is 12.1 Å². The van der Waals surface area contributed by atoms with Crippen molar-refractivity contribution in [3.63, 3.8) is 0 Å². The molecule has 1 aliphatic carbocycles. The molecule has 0 saturated heterocycles. The van der Waals surface area contributed by atoms with Gasteiger partial charge in [-0.1, -0.05) is 0 Å². The third kappa shape index (κ3) is 3.75. The Morgan fingerprint density at radius 3 is 2.69 bits per heavy atom. The predicted octanol–water partition coefficient (Wildman–Crippen LogP) is 3.02. The minimum atomic E-state index is -0.454. The fourth-order valence-corrected chi connectivity index (χ4v) is 4.13. The number of carbonyl (C=O) groups excluding carboxylic acids is 1. The molecule has 1 atom stereocenters. The van der Waals surface area contributed by atoms with Gasteiger partial charge in [-0.05, 0) is 55.2 Å². The average molecular weight is 434 g/mol. The minimum Gasteiger partial charge on any atom is -0.383 e. The van der Waals surface area contributed by atoms with Crippen LogP contribution in [0.3, 0.4) is 0 Å². The van der Waals surface area contributed by atoms with E-state index in [0.29, 0.717) is 35.3 Å². The Hall–Kier alpha value is -3.59. The molecule has 164 valence electrons. The summed E-state index contributed by atoms with van der Waals surface area (Å²) in [4.78, 5) is 20.5. The zero-order valence-corrected chi connectivity index (χ0v) is 17.6. The summed E-state index contributed by atoms with van der Waals surface area (Å²) < 4.78 is 22.8. The van der Waals surface area contributed by atoms with Crippen LogP contribution in [0.5, 0.6) is 0 Å². The topological polar surface area (TPSA) is 100 Å². The summed E-state index contributed by atoms with van der Waals surface area (Å²) in [5.74, 6) is -0.254. The number of hydrogen-bond donors (Lipinski definition) is 1. The largest absolute Gasteiger partial charge is 0.383 e. The molecule has 9 heteroatoms. The van der Waals surface area contributed by atoms with E-state index in [2.05, 4.69) is 9.55 Å². The van der Waals surface area contributed by atoms with Gasteiger partial charge >= 0.3 is 0 Å². The SMILES string of the molecule is COCC(C1CC1)n1cnc(-c2ccc(F)cc2)c1-c1ccc2ncc(CC(N)=O)n2n1. The smallest absolute Gasteiger partial charge is 0.223 e. The number of fused-ring (bicyclic) bond motifs is 1. The average Bonchev–Trinajstić information content (AvgIpc) is 3.41. The fourth-order valence-electron chi connectivity index (χ4n) is 4.13. The summed E-state index contributed by atoms with van der Waals surface area (Å²) in [5.41, 5.74) is 9.59. The molecule has 4 aromatic rings. The number of methoxy groups -OCH3 is 1. The number of hydrogen-bond acceptors (Lipinski definition) is 5. The summed E-state index contributed by atoms with van der Waals surface area (Å²) in [6.07, 6.45) is 5.71. The monoisotopic (exact) mass is 434 g/mol. The van der Waals surface area contributed by atoms with Gasteiger partial charge in [-0.3, -0.25) is 4.79 Å². The summed E-state index contributed by atoms with van der Waals surface area (Å²) in [5, 5.41) is 4.79. The Kier molecular flexibility index (Phi) is 5.18. The Morgan fingerprint density at radius 2 is 2.00 bits per heavy atom. The maximum absolute atomic E-state index is 13.6. The van der Waals surface area contributed by atoms with Crippen LogP contribution in [-0.4, -0.2) is 43.8 Å².